The molecule has 0 unspecified atom stereocenters. The number of hydrogen-bond donors (Lipinski definition) is 0. The van der Waals surface area contributed by atoms with Crippen molar-refractivity contribution < 1.29 is 4.39 Å². The lowest BCUT2D eigenvalue weighted by molar-refractivity contribution is 0.389. The van der Waals surface area contributed by atoms with Gasteiger partial charge in [-0.1, -0.05) is 64.4 Å². The monoisotopic (exact) mass is 409 g/mol. The second-order valence-corrected chi connectivity index (χ2v) is 7.20. The zero-order valence-corrected chi connectivity index (χ0v) is 17.6. The first kappa shape index (κ1) is 26.4. The molecule has 0 saturated carbocycles. The highest BCUT2D eigenvalue weighted by Crippen LogP contribution is 2.17. The Morgan fingerprint density at radius 2 is 1.52 bits per heavy atom. The van der Waals surface area contributed by atoms with Crippen molar-refractivity contribution in [2.24, 2.45) is 0 Å². The lowest BCUT2D eigenvalue weighted by atomic mass is 10.1. The van der Waals surface area contributed by atoms with Crippen LogP contribution in [0.4, 0.5) is 4.39 Å². The predicted octanol–water partition coefficient (Wildman–Crippen LogP) is 6.16. The highest BCUT2D eigenvalue weighted by Gasteiger charge is 2.02. The molecule has 139 valence electrons. The first-order chi connectivity index (χ1) is 11.5. The van der Waals surface area contributed by atoms with Gasteiger partial charge in [-0.3, -0.25) is 0 Å². The summed E-state index contributed by atoms with van der Waals surface area (Å²) in [6, 6.07) is 6.33. The van der Waals surface area contributed by atoms with E-state index in [1.165, 1.54) is 70.4 Å². The summed E-state index contributed by atoms with van der Waals surface area (Å²) in [6.45, 7) is 3.54. The minimum atomic E-state index is -0.495. The first-order valence-corrected chi connectivity index (χ1v) is 9.81. The SMILES string of the molecule is CCCCCCCCCCCN(C)C.N#Cc1cccc(Br)c1F.[B]. The van der Waals surface area contributed by atoms with Gasteiger partial charge in [0.25, 0.3) is 0 Å². The van der Waals surface area contributed by atoms with Crippen molar-refractivity contribution in [3.05, 3.63) is 34.1 Å². The molecule has 0 heterocycles. The maximum Gasteiger partial charge on any atom is 0.155 e. The van der Waals surface area contributed by atoms with Crippen LogP contribution in [0.25, 0.3) is 0 Å². The van der Waals surface area contributed by atoms with Crippen LogP contribution < -0.4 is 0 Å². The smallest absolute Gasteiger partial charge is 0.155 e. The van der Waals surface area contributed by atoms with Gasteiger partial charge >= 0.3 is 0 Å². The summed E-state index contributed by atoms with van der Waals surface area (Å²) >= 11 is 2.96. The van der Waals surface area contributed by atoms with Crippen LogP contribution in [-0.4, -0.2) is 34.0 Å². The number of halogens is 2. The molecule has 0 spiro atoms. The molecule has 1 aromatic carbocycles. The largest absolute Gasteiger partial charge is 0.309 e. The van der Waals surface area contributed by atoms with Crippen molar-refractivity contribution in [1.82, 2.24) is 4.90 Å². The van der Waals surface area contributed by atoms with E-state index in [1.807, 2.05) is 0 Å². The number of rotatable bonds is 10. The normalized spacial score (nSPS) is 9.80. The fourth-order valence-corrected chi connectivity index (χ4v) is 2.70. The van der Waals surface area contributed by atoms with Crippen molar-refractivity contribution in [3.8, 4) is 6.07 Å². The molecule has 1 rings (SSSR count). The van der Waals surface area contributed by atoms with Crippen molar-refractivity contribution >= 4 is 24.3 Å². The van der Waals surface area contributed by atoms with E-state index in [0.717, 1.165) is 0 Å². The second-order valence-electron chi connectivity index (χ2n) is 6.34. The Balaban J connectivity index is 0. The molecule has 3 radical (unpaired) electrons. The third-order valence-corrected chi connectivity index (χ3v) is 4.39. The molecular weight excluding hydrogens is 378 g/mol. The number of nitriles is 1. The van der Waals surface area contributed by atoms with Crippen molar-refractivity contribution in [3.63, 3.8) is 0 Å². The standard InChI is InChI=1S/C13H29N.C7H3BrFN.B/c1-4-5-6-7-8-9-10-11-12-13-14(2)3;8-6-3-1-2-5(4-10)7(6)9;/h4-13H2,1-3H3;1-3H;. The molecule has 5 heteroatoms. The summed E-state index contributed by atoms with van der Waals surface area (Å²) < 4.78 is 13.1. The van der Waals surface area contributed by atoms with Gasteiger partial charge in [0.15, 0.2) is 5.82 Å². The van der Waals surface area contributed by atoms with E-state index in [2.05, 4.69) is 41.8 Å². The third kappa shape index (κ3) is 15.1. The molecule has 0 atom stereocenters. The summed E-state index contributed by atoms with van der Waals surface area (Å²) in [4.78, 5) is 2.28. The Morgan fingerprint density at radius 1 is 1.00 bits per heavy atom. The van der Waals surface area contributed by atoms with Crippen LogP contribution in [0.1, 0.15) is 70.3 Å². The Hall–Kier alpha value is -0.855. The van der Waals surface area contributed by atoms with Gasteiger partial charge in [0.05, 0.1) is 10.0 Å². The molecule has 0 aromatic heterocycles. The van der Waals surface area contributed by atoms with Crippen LogP contribution in [0.3, 0.4) is 0 Å². The maximum absolute atomic E-state index is 12.7. The van der Waals surface area contributed by atoms with E-state index in [9.17, 15) is 4.39 Å². The zero-order chi connectivity index (χ0) is 18.2. The van der Waals surface area contributed by atoms with Crippen LogP contribution in [-0.2, 0) is 0 Å². The van der Waals surface area contributed by atoms with Gasteiger partial charge in [-0.2, -0.15) is 5.26 Å². The number of nitrogens with zero attached hydrogens (tertiary/aromatic N) is 2. The van der Waals surface area contributed by atoms with Gasteiger partial charge in [-0.05, 0) is 55.1 Å². The van der Waals surface area contributed by atoms with E-state index < -0.39 is 5.82 Å². The Labute approximate surface area is 164 Å². The zero-order valence-electron chi connectivity index (χ0n) is 16.0. The molecule has 2 nitrogen and oxygen atoms in total. The fourth-order valence-electron chi connectivity index (χ4n) is 2.33. The summed E-state index contributed by atoms with van der Waals surface area (Å²) in [6.07, 6.45) is 12.9. The minimum absolute atomic E-state index is 0. The van der Waals surface area contributed by atoms with Gasteiger partial charge in [-0.25, -0.2) is 4.39 Å². The van der Waals surface area contributed by atoms with Gasteiger partial charge < -0.3 is 4.90 Å². The van der Waals surface area contributed by atoms with Crippen LogP contribution in [0, 0.1) is 17.1 Å². The van der Waals surface area contributed by atoms with Crippen molar-refractivity contribution in [2.45, 2.75) is 64.7 Å². The molecule has 0 aliphatic rings. The van der Waals surface area contributed by atoms with Gasteiger partial charge in [0, 0.05) is 8.41 Å². The van der Waals surface area contributed by atoms with Gasteiger partial charge in [0.2, 0.25) is 0 Å². The molecule has 0 fully saturated rings. The van der Waals surface area contributed by atoms with Crippen LogP contribution in [0.5, 0.6) is 0 Å². The summed E-state index contributed by atoms with van der Waals surface area (Å²) in [7, 11) is 4.31. The molecule has 0 aliphatic heterocycles. The summed E-state index contributed by atoms with van der Waals surface area (Å²) in [5, 5.41) is 8.33. The predicted molar refractivity (Wildman–Crippen MR) is 110 cm³/mol. The molecule has 0 amide bonds. The molecule has 0 saturated heterocycles. The highest BCUT2D eigenvalue weighted by molar-refractivity contribution is 9.10. The van der Waals surface area contributed by atoms with Crippen LogP contribution in [0.2, 0.25) is 0 Å². The average Bonchev–Trinajstić information content (AvgIpc) is 2.56. The molecule has 0 bridgehead atoms. The first-order valence-electron chi connectivity index (χ1n) is 9.01. The van der Waals surface area contributed by atoms with Crippen molar-refractivity contribution in [2.75, 3.05) is 20.6 Å². The second kappa shape index (κ2) is 18.0. The minimum Gasteiger partial charge on any atom is -0.309 e. The molecule has 0 aliphatic carbocycles. The van der Waals surface area contributed by atoms with E-state index in [-0.39, 0.29) is 14.0 Å². The van der Waals surface area contributed by atoms with E-state index in [0.29, 0.717) is 4.47 Å². The fraction of sp³-hybridized carbons (Fsp3) is 0.650. The van der Waals surface area contributed by atoms with Gasteiger partial charge in [-0.15, -0.1) is 0 Å². The molecule has 1 aromatic rings. The molecular formula is C20H32BBrFN2. The third-order valence-electron chi connectivity index (χ3n) is 3.78. The van der Waals surface area contributed by atoms with E-state index in [1.54, 1.807) is 18.2 Å². The quantitative estimate of drug-likeness (QED) is 0.341. The Kier molecular flexibility index (Phi) is 18.9. The van der Waals surface area contributed by atoms with E-state index >= 15 is 0 Å². The Bertz CT molecular complexity index is 475. The lowest BCUT2D eigenvalue weighted by Gasteiger charge is -2.08. The van der Waals surface area contributed by atoms with Crippen LogP contribution >= 0.6 is 15.9 Å². The molecule has 0 N–H and O–H groups in total. The van der Waals surface area contributed by atoms with Crippen LogP contribution in [0.15, 0.2) is 22.7 Å². The number of hydrogen-bond acceptors (Lipinski definition) is 2. The highest BCUT2D eigenvalue weighted by atomic mass is 79.9. The van der Waals surface area contributed by atoms with Gasteiger partial charge in [0.1, 0.15) is 6.07 Å². The topological polar surface area (TPSA) is 27.0 Å². The summed E-state index contributed by atoms with van der Waals surface area (Å²) in [5.41, 5.74) is 0.0642. The average molecular weight is 410 g/mol. The molecule has 25 heavy (non-hydrogen) atoms. The summed E-state index contributed by atoms with van der Waals surface area (Å²) in [5.74, 6) is -0.495. The maximum atomic E-state index is 12.7. The lowest BCUT2D eigenvalue weighted by Crippen LogP contribution is -2.12. The number of unbranched alkanes of at least 4 members (excludes halogenated alkanes) is 8. The van der Waals surface area contributed by atoms with Crippen molar-refractivity contribution in [1.29, 1.82) is 5.26 Å². The van der Waals surface area contributed by atoms with E-state index in [4.69, 9.17) is 5.26 Å². The Morgan fingerprint density at radius 3 is 1.96 bits per heavy atom. The number of benzene rings is 1.